The lowest BCUT2D eigenvalue weighted by Gasteiger charge is -2.27. The highest BCUT2D eigenvalue weighted by atomic mass is 19.1. The molecule has 1 N–H and O–H groups in total. The molecule has 2 heterocycles. The molecule has 4 heteroatoms. The van der Waals surface area contributed by atoms with Gasteiger partial charge in [-0.3, -0.25) is 9.80 Å². The van der Waals surface area contributed by atoms with E-state index < -0.39 is 0 Å². The Hall–Kier alpha value is -0.970. The summed E-state index contributed by atoms with van der Waals surface area (Å²) in [6.07, 6.45) is 2.51. The number of likely N-dealkylation sites (tertiary alicyclic amines) is 1. The smallest absolute Gasteiger partial charge is 0.128 e. The molecule has 3 rings (SSSR count). The van der Waals surface area contributed by atoms with E-state index in [9.17, 15) is 4.39 Å². The number of nitrogens with zero attached hydrogens (tertiary/aromatic N) is 2. The Morgan fingerprint density at radius 1 is 0.950 bits per heavy atom. The summed E-state index contributed by atoms with van der Waals surface area (Å²) < 4.78 is 14.2. The lowest BCUT2D eigenvalue weighted by atomic mass is 10.1. The van der Waals surface area contributed by atoms with Gasteiger partial charge >= 0.3 is 0 Å². The predicted octanol–water partition coefficient (Wildman–Crippen LogP) is 1.83. The fourth-order valence-electron chi connectivity index (χ4n) is 3.13. The summed E-state index contributed by atoms with van der Waals surface area (Å²) in [5.74, 6) is -0.0375. The minimum atomic E-state index is -0.0375. The van der Waals surface area contributed by atoms with Crippen LogP contribution >= 0.6 is 0 Å². The molecule has 0 saturated carbocycles. The van der Waals surface area contributed by atoms with Gasteiger partial charge in [-0.25, -0.2) is 4.39 Å². The van der Waals surface area contributed by atoms with Crippen LogP contribution in [0.4, 0.5) is 4.39 Å². The van der Waals surface area contributed by atoms with Crippen LogP contribution in [-0.2, 0) is 13.1 Å². The van der Waals surface area contributed by atoms with Gasteiger partial charge in [0.05, 0.1) is 0 Å². The molecule has 2 saturated heterocycles. The van der Waals surface area contributed by atoms with Gasteiger partial charge in [0, 0.05) is 44.8 Å². The fraction of sp³-hybridized carbons (Fsp3) is 0.625. The standard InChI is InChI=1S/C16H24FN3/c17-16-11-14(12-20-9-5-18-6-10-20)3-4-15(16)13-19-7-1-2-8-19/h3-4,11,18H,1-2,5-10,12-13H2. The van der Waals surface area contributed by atoms with E-state index in [0.717, 1.165) is 63.5 Å². The van der Waals surface area contributed by atoms with Gasteiger partial charge < -0.3 is 5.32 Å². The summed E-state index contributed by atoms with van der Waals surface area (Å²) in [4.78, 5) is 4.72. The van der Waals surface area contributed by atoms with Crippen LogP contribution in [0.25, 0.3) is 0 Å². The van der Waals surface area contributed by atoms with E-state index in [1.54, 1.807) is 6.07 Å². The molecule has 0 amide bonds. The van der Waals surface area contributed by atoms with E-state index in [1.807, 2.05) is 6.07 Å². The van der Waals surface area contributed by atoms with E-state index in [1.165, 1.54) is 12.8 Å². The van der Waals surface area contributed by atoms with Gasteiger partial charge in [-0.2, -0.15) is 0 Å². The fourth-order valence-corrected chi connectivity index (χ4v) is 3.13. The third-order valence-electron chi connectivity index (χ3n) is 4.33. The summed E-state index contributed by atoms with van der Waals surface area (Å²) in [5.41, 5.74) is 1.94. The summed E-state index contributed by atoms with van der Waals surface area (Å²) in [5, 5.41) is 3.34. The second-order valence-corrected chi connectivity index (χ2v) is 5.94. The number of rotatable bonds is 4. The Morgan fingerprint density at radius 2 is 1.65 bits per heavy atom. The third kappa shape index (κ3) is 3.57. The molecule has 0 spiro atoms. The number of benzene rings is 1. The van der Waals surface area contributed by atoms with Crippen molar-refractivity contribution >= 4 is 0 Å². The summed E-state index contributed by atoms with van der Waals surface area (Å²) in [6.45, 7) is 8.03. The monoisotopic (exact) mass is 277 g/mol. The number of hydrogen-bond donors (Lipinski definition) is 1. The van der Waals surface area contributed by atoms with Crippen molar-refractivity contribution in [3.63, 3.8) is 0 Å². The molecule has 0 aromatic heterocycles. The van der Waals surface area contributed by atoms with E-state index in [2.05, 4.69) is 21.2 Å². The van der Waals surface area contributed by atoms with Crippen molar-refractivity contribution in [2.45, 2.75) is 25.9 Å². The van der Waals surface area contributed by atoms with Gasteiger partial charge in [-0.1, -0.05) is 12.1 Å². The van der Waals surface area contributed by atoms with Gasteiger partial charge in [0.1, 0.15) is 5.82 Å². The minimum Gasteiger partial charge on any atom is -0.314 e. The highest BCUT2D eigenvalue weighted by Crippen LogP contribution is 2.17. The molecule has 0 unspecified atom stereocenters. The topological polar surface area (TPSA) is 18.5 Å². The number of nitrogens with one attached hydrogen (secondary N) is 1. The second-order valence-electron chi connectivity index (χ2n) is 5.94. The van der Waals surface area contributed by atoms with Crippen molar-refractivity contribution in [2.75, 3.05) is 39.3 Å². The highest BCUT2D eigenvalue weighted by Gasteiger charge is 2.15. The van der Waals surface area contributed by atoms with Gasteiger partial charge in [0.25, 0.3) is 0 Å². The molecule has 1 aromatic rings. The van der Waals surface area contributed by atoms with Crippen molar-refractivity contribution in [1.29, 1.82) is 0 Å². The molecule has 110 valence electrons. The van der Waals surface area contributed by atoms with E-state index in [0.29, 0.717) is 0 Å². The zero-order chi connectivity index (χ0) is 13.8. The van der Waals surface area contributed by atoms with Crippen molar-refractivity contribution < 1.29 is 4.39 Å². The Kier molecular flexibility index (Phi) is 4.65. The lowest BCUT2D eigenvalue weighted by molar-refractivity contribution is 0.233. The molecule has 0 radical (unpaired) electrons. The first-order chi connectivity index (χ1) is 9.81. The summed E-state index contributed by atoms with van der Waals surface area (Å²) >= 11 is 0. The maximum absolute atomic E-state index is 14.2. The van der Waals surface area contributed by atoms with Crippen molar-refractivity contribution in [2.24, 2.45) is 0 Å². The maximum Gasteiger partial charge on any atom is 0.128 e. The van der Waals surface area contributed by atoms with Crippen LogP contribution < -0.4 is 5.32 Å². The number of hydrogen-bond acceptors (Lipinski definition) is 3. The molecule has 0 bridgehead atoms. The Morgan fingerprint density at radius 3 is 2.35 bits per heavy atom. The molecule has 2 aliphatic heterocycles. The first kappa shape index (κ1) is 14.0. The highest BCUT2D eigenvalue weighted by molar-refractivity contribution is 5.24. The first-order valence-corrected chi connectivity index (χ1v) is 7.74. The number of piperazine rings is 1. The molecule has 2 fully saturated rings. The first-order valence-electron chi connectivity index (χ1n) is 7.74. The van der Waals surface area contributed by atoms with Gasteiger partial charge in [-0.15, -0.1) is 0 Å². The molecule has 0 aliphatic carbocycles. The van der Waals surface area contributed by atoms with Crippen LogP contribution in [0.15, 0.2) is 18.2 Å². The molecule has 2 aliphatic rings. The minimum absolute atomic E-state index is 0.0375. The maximum atomic E-state index is 14.2. The third-order valence-corrected chi connectivity index (χ3v) is 4.33. The Balaban J connectivity index is 1.60. The Labute approximate surface area is 120 Å². The Bertz CT molecular complexity index is 437. The molecule has 0 atom stereocenters. The van der Waals surface area contributed by atoms with Crippen LogP contribution in [0.5, 0.6) is 0 Å². The molecular formula is C16H24FN3. The van der Waals surface area contributed by atoms with Crippen LogP contribution in [0.2, 0.25) is 0 Å². The summed E-state index contributed by atoms with van der Waals surface area (Å²) in [6, 6.07) is 5.80. The number of halogens is 1. The summed E-state index contributed by atoms with van der Waals surface area (Å²) in [7, 11) is 0. The van der Waals surface area contributed by atoms with Crippen LogP contribution in [-0.4, -0.2) is 49.1 Å². The van der Waals surface area contributed by atoms with Crippen LogP contribution in [0, 0.1) is 5.82 Å². The van der Waals surface area contributed by atoms with E-state index in [4.69, 9.17) is 0 Å². The van der Waals surface area contributed by atoms with E-state index >= 15 is 0 Å². The second kappa shape index (κ2) is 6.66. The molecule has 1 aromatic carbocycles. The van der Waals surface area contributed by atoms with Crippen molar-refractivity contribution in [3.05, 3.63) is 35.1 Å². The average Bonchev–Trinajstić information content (AvgIpc) is 2.96. The van der Waals surface area contributed by atoms with Crippen LogP contribution in [0.3, 0.4) is 0 Å². The quantitative estimate of drug-likeness (QED) is 0.906. The van der Waals surface area contributed by atoms with Crippen molar-refractivity contribution in [3.8, 4) is 0 Å². The zero-order valence-corrected chi connectivity index (χ0v) is 12.1. The zero-order valence-electron chi connectivity index (χ0n) is 12.1. The largest absolute Gasteiger partial charge is 0.314 e. The normalized spacial score (nSPS) is 21.4. The van der Waals surface area contributed by atoms with E-state index in [-0.39, 0.29) is 5.82 Å². The van der Waals surface area contributed by atoms with Crippen molar-refractivity contribution in [1.82, 2.24) is 15.1 Å². The van der Waals surface area contributed by atoms with Crippen LogP contribution in [0.1, 0.15) is 24.0 Å². The van der Waals surface area contributed by atoms with Gasteiger partial charge in [0.2, 0.25) is 0 Å². The SMILES string of the molecule is Fc1cc(CN2CCNCC2)ccc1CN1CCCC1. The van der Waals surface area contributed by atoms with Gasteiger partial charge in [0.15, 0.2) is 0 Å². The molecule has 20 heavy (non-hydrogen) atoms. The average molecular weight is 277 g/mol. The molecule has 3 nitrogen and oxygen atoms in total. The lowest BCUT2D eigenvalue weighted by Crippen LogP contribution is -2.42. The predicted molar refractivity (Wildman–Crippen MR) is 79.1 cm³/mol. The van der Waals surface area contributed by atoms with Gasteiger partial charge in [-0.05, 0) is 37.6 Å². The molecular weight excluding hydrogens is 253 g/mol.